The summed E-state index contributed by atoms with van der Waals surface area (Å²) in [6.45, 7) is 5.68. The van der Waals surface area contributed by atoms with Crippen LogP contribution in [0.3, 0.4) is 0 Å². The van der Waals surface area contributed by atoms with E-state index in [4.69, 9.17) is 8.94 Å². The van der Waals surface area contributed by atoms with E-state index >= 15 is 0 Å². The molecule has 0 spiro atoms. The molecule has 0 aliphatic carbocycles. The molecule has 0 aliphatic rings. The van der Waals surface area contributed by atoms with E-state index in [9.17, 15) is 9.59 Å². The number of fused-ring (bicyclic) bond motifs is 1. The number of thiophene rings is 1. The van der Waals surface area contributed by atoms with Crippen LogP contribution < -0.4 is 10.6 Å². The molecule has 0 atom stereocenters. The van der Waals surface area contributed by atoms with Crippen LogP contribution in [0.4, 0.5) is 5.13 Å². The molecule has 2 amide bonds. The minimum atomic E-state index is -0.343. The lowest BCUT2D eigenvalue weighted by Crippen LogP contribution is -2.17. The van der Waals surface area contributed by atoms with E-state index in [1.807, 2.05) is 19.1 Å². The molecule has 0 saturated heterocycles. The maximum Gasteiger partial charge on any atom is 0.259 e. The van der Waals surface area contributed by atoms with Crippen LogP contribution in [0, 0.1) is 13.8 Å². The molecular formula is C23H19N5O4S2. The first-order valence-corrected chi connectivity index (χ1v) is 12.0. The zero-order valence-corrected chi connectivity index (χ0v) is 20.1. The van der Waals surface area contributed by atoms with Gasteiger partial charge in [0.05, 0.1) is 40.0 Å². The van der Waals surface area contributed by atoms with Crippen molar-refractivity contribution in [1.82, 2.24) is 20.4 Å². The Kier molecular flexibility index (Phi) is 5.72. The summed E-state index contributed by atoms with van der Waals surface area (Å²) >= 11 is 2.95. The monoisotopic (exact) mass is 493 g/mol. The van der Waals surface area contributed by atoms with Gasteiger partial charge in [-0.1, -0.05) is 5.16 Å². The van der Waals surface area contributed by atoms with E-state index in [0.29, 0.717) is 39.8 Å². The molecule has 172 valence electrons. The summed E-state index contributed by atoms with van der Waals surface area (Å²) in [5.41, 5.74) is 2.48. The number of carbonyl (C=O) groups excluding carboxylic acids is 2. The highest BCUT2D eigenvalue weighted by Gasteiger charge is 2.22. The number of carbonyl (C=O) groups is 2. The van der Waals surface area contributed by atoms with E-state index in [1.165, 1.54) is 18.3 Å². The fourth-order valence-corrected chi connectivity index (χ4v) is 5.36. The average molecular weight is 494 g/mol. The van der Waals surface area contributed by atoms with Gasteiger partial charge in [-0.25, -0.2) is 9.97 Å². The number of aryl methyl sites for hydroxylation is 2. The summed E-state index contributed by atoms with van der Waals surface area (Å²) in [6.07, 6.45) is 1.54. The van der Waals surface area contributed by atoms with Gasteiger partial charge in [-0.15, -0.1) is 22.7 Å². The van der Waals surface area contributed by atoms with Crippen molar-refractivity contribution in [2.24, 2.45) is 0 Å². The molecule has 0 fully saturated rings. The first-order chi connectivity index (χ1) is 16.4. The molecule has 9 nitrogen and oxygen atoms in total. The van der Waals surface area contributed by atoms with Crippen LogP contribution in [0.1, 0.15) is 32.7 Å². The Hall–Kier alpha value is -3.83. The molecule has 0 aliphatic heterocycles. The zero-order chi connectivity index (χ0) is 23.8. The molecule has 34 heavy (non-hydrogen) atoms. The Bertz CT molecular complexity index is 1510. The molecule has 5 aromatic rings. The number of nitrogens with one attached hydrogen (secondary N) is 2. The second-order valence-corrected chi connectivity index (χ2v) is 9.91. The number of thiazole rings is 1. The summed E-state index contributed by atoms with van der Waals surface area (Å²) < 4.78 is 10.8. The molecule has 5 aromatic heterocycles. The molecule has 0 radical (unpaired) electrons. The third-order valence-electron chi connectivity index (χ3n) is 5.06. The van der Waals surface area contributed by atoms with E-state index in [-0.39, 0.29) is 17.5 Å². The van der Waals surface area contributed by atoms with Crippen molar-refractivity contribution >= 4 is 50.7 Å². The normalized spacial score (nSPS) is 11.1. The largest absolute Gasteiger partial charge is 0.463 e. The van der Waals surface area contributed by atoms with E-state index in [2.05, 4.69) is 25.8 Å². The molecule has 2 N–H and O–H groups in total. The number of amides is 2. The van der Waals surface area contributed by atoms with Crippen LogP contribution in [-0.2, 0) is 11.3 Å². The predicted molar refractivity (Wildman–Crippen MR) is 130 cm³/mol. The van der Waals surface area contributed by atoms with Gasteiger partial charge in [0.25, 0.3) is 11.6 Å². The van der Waals surface area contributed by atoms with Gasteiger partial charge in [-0.3, -0.25) is 14.9 Å². The van der Waals surface area contributed by atoms with Gasteiger partial charge >= 0.3 is 0 Å². The maximum atomic E-state index is 13.3. The SMILES string of the molecule is CC(=O)NCc1ccc(-c2nc(NC(=O)c3cc(-c4ccco4)nc4onc(C)c34)sc2C)s1. The van der Waals surface area contributed by atoms with Gasteiger partial charge in [0, 0.05) is 16.7 Å². The van der Waals surface area contributed by atoms with Crippen molar-refractivity contribution in [2.75, 3.05) is 5.32 Å². The minimum Gasteiger partial charge on any atom is -0.463 e. The third kappa shape index (κ3) is 4.22. The van der Waals surface area contributed by atoms with Crippen molar-refractivity contribution in [3.05, 3.63) is 57.6 Å². The second-order valence-electron chi connectivity index (χ2n) is 7.53. The summed E-state index contributed by atoms with van der Waals surface area (Å²) in [5, 5.41) is 10.7. The van der Waals surface area contributed by atoms with Crippen LogP contribution in [-0.4, -0.2) is 26.9 Å². The molecule has 0 saturated carbocycles. The quantitative estimate of drug-likeness (QED) is 0.334. The number of furan rings is 1. The molecular weight excluding hydrogens is 474 g/mol. The number of hydrogen-bond donors (Lipinski definition) is 2. The van der Waals surface area contributed by atoms with Gasteiger partial charge in [0.1, 0.15) is 5.69 Å². The Morgan fingerprint density at radius 1 is 1.12 bits per heavy atom. The number of anilines is 1. The topological polar surface area (TPSA) is 123 Å². The summed E-state index contributed by atoms with van der Waals surface area (Å²) in [6, 6.07) is 9.11. The first kappa shape index (κ1) is 22.0. The van der Waals surface area contributed by atoms with E-state index in [0.717, 1.165) is 20.3 Å². The summed E-state index contributed by atoms with van der Waals surface area (Å²) in [5.74, 6) is 0.0998. The first-order valence-electron chi connectivity index (χ1n) is 10.3. The Labute approximate surface area is 201 Å². The highest BCUT2D eigenvalue weighted by atomic mass is 32.1. The number of pyridine rings is 1. The Morgan fingerprint density at radius 2 is 1.97 bits per heavy atom. The molecule has 11 heteroatoms. The van der Waals surface area contributed by atoms with Crippen LogP contribution in [0.5, 0.6) is 0 Å². The lowest BCUT2D eigenvalue weighted by Gasteiger charge is -2.05. The Morgan fingerprint density at radius 3 is 2.74 bits per heavy atom. The minimum absolute atomic E-state index is 0.0757. The number of nitrogens with zero attached hydrogens (tertiary/aromatic N) is 3. The lowest BCUT2D eigenvalue weighted by molar-refractivity contribution is -0.119. The number of hydrogen-bond acceptors (Lipinski definition) is 9. The molecule has 0 aromatic carbocycles. The van der Waals surface area contributed by atoms with Crippen molar-refractivity contribution in [3.63, 3.8) is 0 Å². The molecule has 0 unspecified atom stereocenters. The maximum absolute atomic E-state index is 13.3. The second kappa shape index (κ2) is 8.84. The average Bonchev–Trinajstić information content (AvgIpc) is 3.60. The van der Waals surface area contributed by atoms with Crippen molar-refractivity contribution in [2.45, 2.75) is 27.3 Å². The summed E-state index contributed by atoms with van der Waals surface area (Å²) in [4.78, 5) is 36.5. The molecule has 5 heterocycles. The van der Waals surface area contributed by atoms with Crippen molar-refractivity contribution < 1.29 is 18.5 Å². The smallest absolute Gasteiger partial charge is 0.259 e. The standard InChI is InChI=1S/C23H19N5O4S2/c1-11-19-15(9-16(17-5-4-8-31-17)25-22(19)32-28-11)21(30)27-23-26-20(12(2)33-23)18-7-6-14(34-18)10-24-13(3)29/h4-9H,10H2,1-3H3,(H,24,29)(H,26,27,30). The van der Waals surface area contributed by atoms with Crippen LogP contribution in [0.15, 0.2) is 45.5 Å². The number of aromatic nitrogens is 3. The fourth-order valence-electron chi connectivity index (χ4n) is 3.48. The highest BCUT2D eigenvalue weighted by Crippen LogP contribution is 2.35. The van der Waals surface area contributed by atoms with Crippen molar-refractivity contribution in [1.29, 1.82) is 0 Å². The van der Waals surface area contributed by atoms with E-state index < -0.39 is 0 Å². The molecule has 5 rings (SSSR count). The Balaban J connectivity index is 1.43. The zero-order valence-electron chi connectivity index (χ0n) is 18.5. The highest BCUT2D eigenvalue weighted by molar-refractivity contribution is 7.18. The van der Waals surface area contributed by atoms with Gasteiger partial charge in [0.15, 0.2) is 10.9 Å². The predicted octanol–water partition coefficient (Wildman–Crippen LogP) is 5.17. The van der Waals surface area contributed by atoms with Crippen LogP contribution >= 0.6 is 22.7 Å². The van der Waals surface area contributed by atoms with E-state index in [1.54, 1.807) is 42.7 Å². The van der Waals surface area contributed by atoms with Crippen LogP contribution in [0.25, 0.3) is 33.1 Å². The third-order valence-corrected chi connectivity index (χ3v) is 7.04. The lowest BCUT2D eigenvalue weighted by atomic mass is 10.1. The van der Waals surface area contributed by atoms with Gasteiger partial charge < -0.3 is 14.3 Å². The van der Waals surface area contributed by atoms with Crippen molar-refractivity contribution in [3.8, 4) is 22.0 Å². The van der Waals surface area contributed by atoms with Gasteiger partial charge in [-0.05, 0) is 44.2 Å². The molecule has 0 bridgehead atoms. The fraction of sp³-hybridized carbons (Fsp3) is 0.174. The van der Waals surface area contributed by atoms with Crippen LogP contribution in [0.2, 0.25) is 0 Å². The van der Waals surface area contributed by atoms with Gasteiger partial charge in [-0.2, -0.15) is 0 Å². The van der Waals surface area contributed by atoms with Gasteiger partial charge in [0.2, 0.25) is 5.91 Å². The summed E-state index contributed by atoms with van der Waals surface area (Å²) in [7, 11) is 0. The number of rotatable bonds is 6.